The van der Waals surface area contributed by atoms with Crippen LogP contribution in [0, 0.1) is 0 Å². The number of rotatable bonds is 3. The summed E-state index contributed by atoms with van der Waals surface area (Å²) in [6, 6.07) is 0. The number of hydrogen-bond donors (Lipinski definition) is 3. The summed E-state index contributed by atoms with van der Waals surface area (Å²) in [6.07, 6.45) is 0. The topological polar surface area (TPSA) is 87.3 Å². The van der Waals surface area contributed by atoms with E-state index in [4.69, 9.17) is 0 Å². The van der Waals surface area contributed by atoms with Gasteiger partial charge in [-0.05, 0) is 0 Å². The van der Waals surface area contributed by atoms with E-state index in [1.54, 1.807) is 0 Å². The molecule has 0 aromatic rings. The highest BCUT2D eigenvalue weighted by Gasteiger charge is 2.14. The average Bonchev–Trinajstić information content (AvgIpc) is 1.80. The summed E-state index contributed by atoms with van der Waals surface area (Å²) in [4.78, 5) is 39.4. The number of nitrogens with one attached hydrogen (secondary N) is 3. The van der Waals surface area contributed by atoms with Crippen molar-refractivity contribution in [3.05, 3.63) is 0 Å². The zero-order valence-corrected chi connectivity index (χ0v) is 8.96. The van der Waals surface area contributed by atoms with Crippen LogP contribution in [0.4, 0.5) is 0 Å². The van der Waals surface area contributed by atoms with Crippen LogP contribution in [-0.2, 0) is 14.4 Å². The lowest BCUT2D eigenvalue weighted by atomic mass is 10.8. The first-order valence-corrected chi connectivity index (χ1v) is 5.46. The van der Waals surface area contributed by atoms with Crippen molar-refractivity contribution >= 4 is 27.0 Å². The van der Waals surface area contributed by atoms with Crippen LogP contribution in [0.25, 0.3) is 0 Å². The fraction of sp³-hybridized carbons (Fsp3) is 0.500. The molecule has 0 aromatic carbocycles. The highest BCUT2D eigenvalue weighted by atomic mass is 28.3. The molecule has 0 aliphatic heterocycles. The molecule has 0 aliphatic rings. The summed E-state index contributed by atoms with van der Waals surface area (Å²) in [7, 11) is -2.21. The van der Waals surface area contributed by atoms with Crippen LogP contribution in [0.3, 0.4) is 0 Å². The first-order chi connectivity index (χ1) is 5.91. The lowest BCUT2D eigenvalue weighted by molar-refractivity contribution is -0.117. The van der Waals surface area contributed by atoms with Gasteiger partial charge in [-0.15, -0.1) is 0 Å². The molecular formula is C6H13N3O3Si. The molecule has 0 aliphatic carbocycles. The first kappa shape index (κ1) is 11.6. The van der Waals surface area contributed by atoms with Crippen LogP contribution in [-0.4, -0.2) is 27.0 Å². The van der Waals surface area contributed by atoms with Crippen LogP contribution in [0.5, 0.6) is 0 Å². The molecule has 74 valence electrons. The van der Waals surface area contributed by atoms with Gasteiger partial charge in [0.05, 0.1) is 0 Å². The minimum atomic E-state index is -2.21. The van der Waals surface area contributed by atoms with Gasteiger partial charge in [-0.1, -0.05) is 0 Å². The number of carbonyl (C=O) groups is 3. The molecule has 13 heavy (non-hydrogen) atoms. The maximum atomic E-state index is 10.6. The third kappa shape index (κ3) is 7.00. The Morgan fingerprint density at radius 2 is 1.00 bits per heavy atom. The fourth-order valence-electron chi connectivity index (χ4n) is 0.718. The van der Waals surface area contributed by atoms with E-state index >= 15 is 0 Å². The van der Waals surface area contributed by atoms with Crippen LogP contribution in [0.1, 0.15) is 20.8 Å². The van der Waals surface area contributed by atoms with E-state index in [1.807, 2.05) is 0 Å². The molecule has 0 unspecified atom stereocenters. The number of carbonyl (C=O) groups excluding carboxylic acids is 3. The Hall–Kier alpha value is -1.37. The highest BCUT2D eigenvalue weighted by Crippen LogP contribution is 1.70. The summed E-state index contributed by atoms with van der Waals surface area (Å²) in [5.41, 5.74) is 0. The van der Waals surface area contributed by atoms with E-state index in [0.717, 1.165) is 0 Å². The molecule has 3 N–H and O–H groups in total. The van der Waals surface area contributed by atoms with Crippen molar-refractivity contribution in [1.29, 1.82) is 0 Å². The van der Waals surface area contributed by atoms with Gasteiger partial charge in [0.1, 0.15) is 0 Å². The van der Waals surface area contributed by atoms with Crippen LogP contribution >= 0.6 is 0 Å². The Morgan fingerprint density at radius 1 is 0.769 bits per heavy atom. The number of hydrogen-bond acceptors (Lipinski definition) is 3. The van der Waals surface area contributed by atoms with E-state index in [0.29, 0.717) is 0 Å². The summed E-state index contributed by atoms with van der Waals surface area (Å²) in [6.45, 7) is 3.97. The molecule has 0 radical (unpaired) electrons. The third-order valence-corrected chi connectivity index (χ3v) is 3.13. The maximum absolute atomic E-state index is 10.6. The summed E-state index contributed by atoms with van der Waals surface area (Å²) >= 11 is 0. The first-order valence-electron chi connectivity index (χ1n) is 3.73. The Kier molecular flexibility index (Phi) is 4.74. The Bertz CT molecular complexity index is 193. The van der Waals surface area contributed by atoms with Crippen LogP contribution < -0.4 is 14.9 Å². The molecule has 0 heterocycles. The van der Waals surface area contributed by atoms with Crippen molar-refractivity contribution in [2.75, 3.05) is 0 Å². The molecule has 3 amide bonds. The SMILES string of the molecule is CC(=O)N[SiH](NC(C)=O)NC(C)=O. The van der Waals surface area contributed by atoms with Gasteiger partial charge in [0.2, 0.25) is 17.7 Å². The molecule has 0 atom stereocenters. The molecule has 6 nitrogen and oxygen atoms in total. The van der Waals surface area contributed by atoms with Gasteiger partial charge in [-0.2, -0.15) is 0 Å². The quantitative estimate of drug-likeness (QED) is 0.469. The minimum absolute atomic E-state index is 0.279. The molecule has 0 rings (SSSR count). The minimum Gasteiger partial charge on any atom is -0.351 e. The van der Waals surface area contributed by atoms with E-state index in [1.165, 1.54) is 20.8 Å². The molecule has 0 bridgehead atoms. The van der Waals surface area contributed by atoms with Gasteiger partial charge >= 0.3 is 9.28 Å². The van der Waals surface area contributed by atoms with Gasteiger partial charge in [0.15, 0.2) is 0 Å². The summed E-state index contributed by atoms with van der Waals surface area (Å²) in [5.74, 6) is -0.836. The molecule has 0 saturated heterocycles. The largest absolute Gasteiger partial charge is 0.362 e. The summed E-state index contributed by atoms with van der Waals surface area (Å²) < 4.78 is 0. The van der Waals surface area contributed by atoms with Crippen molar-refractivity contribution in [3.63, 3.8) is 0 Å². The van der Waals surface area contributed by atoms with Gasteiger partial charge in [-0.3, -0.25) is 14.4 Å². The Balaban J connectivity index is 4.10. The van der Waals surface area contributed by atoms with Crippen molar-refractivity contribution < 1.29 is 14.4 Å². The predicted octanol–water partition coefficient (Wildman–Crippen LogP) is -1.89. The van der Waals surface area contributed by atoms with Gasteiger partial charge in [0.25, 0.3) is 0 Å². The molecule has 0 spiro atoms. The zero-order valence-electron chi connectivity index (χ0n) is 7.80. The molecule has 0 saturated carbocycles. The van der Waals surface area contributed by atoms with Crippen molar-refractivity contribution in [3.8, 4) is 0 Å². The Labute approximate surface area is 77.9 Å². The monoisotopic (exact) mass is 203 g/mol. The molecule has 7 heteroatoms. The van der Waals surface area contributed by atoms with Gasteiger partial charge in [0, 0.05) is 20.8 Å². The molecule has 0 aromatic heterocycles. The Morgan fingerprint density at radius 3 is 1.15 bits per heavy atom. The van der Waals surface area contributed by atoms with E-state index in [9.17, 15) is 14.4 Å². The van der Waals surface area contributed by atoms with E-state index in [2.05, 4.69) is 14.9 Å². The molecule has 0 fully saturated rings. The van der Waals surface area contributed by atoms with Crippen molar-refractivity contribution in [2.24, 2.45) is 0 Å². The second-order valence-corrected chi connectivity index (χ2v) is 4.27. The van der Waals surface area contributed by atoms with Crippen molar-refractivity contribution in [1.82, 2.24) is 14.9 Å². The smallest absolute Gasteiger partial charge is 0.351 e. The third-order valence-electron chi connectivity index (χ3n) is 1.04. The predicted molar refractivity (Wildman–Crippen MR) is 48.6 cm³/mol. The van der Waals surface area contributed by atoms with E-state index in [-0.39, 0.29) is 17.7 Å². The normalized spacial score (nSPS) is 9.23. The zero-order chi connectivity index (χ0) is 10.4. The lowest BCUT2D eigenvalue weighted by Gasteiger charge is -2.15. The van der Waals surface area contributed by atoms with Crippen molar-refractivity contribution in [2.45, 2.75) is 20.8 Å². The van der Waals surface area contributed by atoms with Gasteiger partial charge in [-0.25, -0.2) is 0 Å². The highest BCUT2D eigenvalue weighted by molar-refractivity contribution is 6.59. The fourth-order valence-corrected chi connectivity index (χ4v) is 2.15. The van der Waals surface area contributed by atoms with Crippen LogP contribution in [0.15, 0.2) is 0 Å². The van der Waals surface area contributed by atoms with Crippen LogP contribution in [0.2, 0.25) is 0 Å². The number of amides is 3. The summed E-state index contributed by atoms with van der Waals surface area (Å²) in [5, 5.41) is 0. The lowest BCUT2D eigenvalue weighted by Crippen LogP contribution is -2.61. The average molecular weight is 203 g/mol. The van der Waals surface area contributed by atoms with E-state index < -0.39 is 9.28 Å². The second-order valence-electron chi connectivity index (χ2n) is 2.53. The maximum Gasteiger partial charge on any atom is 0.362 e. The van der Waals surface area contributed by atoms with Gasteiger partial charge < -0.3 is 14.9 Å². The second kappa shape index (κ2) is 5.30. The standard InChI is InChI=1S/C6H13N3O3Si/c1-4(10)7-13(8-5(2)11)9-6(3)12/h13H,1-3H3,(H,7,10)(H,8,11)(H,9,12). The molecular weight excluding hydrogens is 190 g/mol.